The van der Waals surface area contributed by atoms with Crippen molar-refractivity contribution in [2.75, 3.05) is 11.9 Å². The van der Waals surface area contributed by atoms with Crippen LogP contribution in [0, 0.1) is 6.92 Å². The third-order valence-electron chi connectivity index (χ3n) is 4.84. The Morgan fingerprint density at radius 2 is 1.71 bits per heavy atom. The van der Waals surface area contributed by atoms with Crippen molar-refractivity contribution in [1.29, 1.82) is 0 Å². The number of hydrogen-bond acceptors (Lipinski definition) is 4. The highest BCUT2D eigenvalue weighted by Crippen LogP contribution is 2.25. The predicted molar refractivity (Wildman–Crippen MR) is 115 cm³/mol. The summed E-state index contributed by atoms with van der Waals surface area (Å²) in [5, 5.41) is 3.49. The van der Waals surface area contributed by atoms with Crippen LogP contribution in [0.5, 0.6) is 0 Å². The van der Waals surface area contributed by atoms with Gasteiger partial charge < -0.3 is 9.88 Å². The van der Waals surface area contributed by atoms with Crippen molar-refractivity contribution in [1.82, 2.24) is 19.5 Å². The van der Waals surface area contributed by atoms with Crippen molar-refractivity contribution in [2.45, 2.75) is 33.2 Å². The van der Waals surface area contributed by atoms with Gasteiger partial charge in [0.15, 0.2) is 17.3 Å². The number of nitrogens with zero attached hydrogens (tertiary/aromatic N) is 4. The molecule has 2 aromatic heterocycles. The monoisotopic (exact) mass is 371 g/mol. The number of nitrogens with one attached hydrogen (secondary N) is 1. The fourth-order valence-corrected chi connectivity index (χ4v) is 3.21. The van der Waals surface area contributed by atoms with E-state index in [1.54, 1.807) is 0 Å². The van der Waals surface area contributed by atoms with E-state index in [-0.39, 0.29) is 6.04 Å². The van der Waals surface area contributed by atoms with E-state index in [4.69, 9.17) is 9.97 Å². The van der Waals surface area contributed by atoms with Gasteiger partial charge in [-0.3, -0.25) is 0 Å². The van der Waals surface area contributed by atoms with Gasteiger partial charge in [-0.2, -0.15) is 0 Å². The molecular formula is C23H25N5. The molecule has 0 aliphatic carbocycles. The van der Waals surface area contributed by atoms with Gasteiger partial charge in [-0.15, -0.1) is 0 Å². The largest absolute Gasteiger partial charge is 0.368 e. The SMILES string of the molecule is Cc1ccc(CCNc2nc(-c3ccccc3)nc3c2ncn3C(C)C)cc1. The Bertz CT molecular complexity index is 1070. The zero-order valence-electron chi connectivity index (χ0n) is 16.6. The second-order valence-electron chi connectivity index (χ2n) is 7.34. The van der Waals surface area contributed by atoms with Crippen LogP contribution >= 0.6 is 0 Å². The molecule has 0 aliphatic heterocycles. The zero-order chi connectivity index (χ0) is 19.5. The second kappa shape index (κ2) is 7.80. The quantitative estimate of drug-likeness (QED) is 0.516. The van der Waals surface area contributed by atoms with E-state index in [1.807, 2.05) is 36.7 Å². The maximum atomic E-state index is 4.81. The Labute approximate surface area is 165 Å². The van der Waals surface area contributed by atoms with Crippen molar-refractivity contribution in [3.8, 4) is 11.4 Å². The topological polar surface area (TPSA) is 55.6 Å². The summed E-state index contributed by atoms with van der Waals surface area (Å²) in [5.41, 5.74) is 5.27. The molecule has 5 heteroatoms. The fourth-order valence-electron chi connectivity index (χ4n) is 3.21. The van der Waals surface area contributed by atoms with Gasteiger partial charge in [0.25, 0.3) is 0 Å². The fraction of sp³-hybridized carbons (Fsp3) is 0.261. The molecule has 142 valence electrons. The lowest BCUT2D eigenvalue weighted by atomic mass is 10.1. The summed E-state index contributed by atoms with van der Waals surface area (Å²) in [7, 11) is 0. The lowest BCUT2D eigenvalue weighted by Gasteiger charge is -2.11. The first kappa shape index (κ1) is 18.2. The molecule has 5 nitrogen and oxygen atoms in total. The molecule has 0 unspecified atom stereocenters. The maximum Gasteiger partial charge on any atom is 0.166 e. The first-order valence-corrected chi connectivity index (χ1v) is 9.71. The van der Waals surface area contributed by atoms with Crippen LogP contribution in [0.4, 0.5) is 5.82 Å². The van der Waals surface area contributed by atoms with Gasteiger partial charge >= 0.3 is 0 Å². The Balaban J connectivity index is 1.66. The number of aryl methyl sites for hydroxylation is 1. The minimum atomic E-state index is 0.281. The molecule has 0 saturated carbocycles. The lowest BCUT2D eigenvalue weighted by molar-refractivity contribution is 0.613. The summed E-state index contributed by atoms with van der Waals surface area (Å²) in [6, 6.07) is 19.0. The molecule has 28 heavy (non-hydrogen) atoms. The van der Waals surface area contributed by atoms with Gasteiger partial charge in [-0.05, 0) is 32.8 Å². The normalized spacial score (nSPS) is 11.3. The van der Waals surface area contributed by atoms with Crippen LogP contribution in [0.3, 0.4) is 0 Å². The Morgan fingerprint density at radius 3 is 2.43 bits per heavy atom. The molecule has 2 aromatic carbocycles. The van der Waals surface area contributed by atoms with Crippen LogP contribution in [0.25, 0.3) is 22.6 Å². The summed E-state index contributed by atoms with van der Waals surface area (Å²) in [6.07, 6.45) is 2.78. The minimum Gasteiger partial charge on any atom is -0.368 e. The van der Waals surface area contributed by atoms with Gasteiger partial charge in [0.1, 0.15) is 5.52 Å². The summed E-state index contributed by atoms with van der Waals surface area (Å²) in [5.74, 6) is 1.50. The highest BCUT2D eigenvalue weighted by atomic mass is 15.2. The second-order valence-corrected chi connectivity index (χ2v) is 7.34. The van der Waals surface area contributed by atoms with Crippen LogP contribution in [0.1, 0.15) is 31.0 Å². The van der Waals surface area contributed by atoms with Crippen molar-refractivity contribution < 1.29 is 0 Å². The average molecular weight is 371 g/mol. The summed E-state index contributed by atoms with van der Waals surface area (Å²) >= 11 is 0. The van der Waals surface area contributed by atoms with E-state index >= 15 is 0 Å². The van der Waals surface area contributed by atoms with Crippen LogP contribution < -0.4 is 5.32 Å². The molecule has 0 radical (unpaired) electrons. The lowest BCUT2D eigenvalue weighted by Crippen LogP contribution is -2.09. The van der Waals surface area contributed by atoms with E-state index in [2.05, 4.69) is 59.9 Å². The molecule has 0 aliphatic rings. The van der Waals surface area contributed by atoms with E-state index < -0.39 is 0 Å². The highest BCUT2D eigenvalue weighted by molar-refractivity contribution is 5.85. The molecule has 0 spiro atoms. The number of rotatable bonds is 6. The molecule has 0 bridgehead atoms. The van der Waals surface area contributed by atoms with Crippen molar-refractivity contribution >= 4 is 17.0 Å². The molecule has 0 fully saturated rings. The van der Waals surface area contributed by atoms with Gasteiger partial charge in [0, 0.05) is 18.2 Å². The Hall–Kier alpha value is -3.21. The van der Waals surface area contributed by atoms with Crippen LogP contribution in [0.15, 0.2) is 60.9 Å². The smallest absolute Gasteiger partial charge is 0.166 e. The highest BCUT2D eigenvalue weighted by Gasteiger charge is 2.15. The summed E-state index contributed by atoms with van der Waals surface area (Å²) in [6.45, 7) is 7.17. The van der Waals surface area contributed by atoms with Crippen LogP contribution in [-0.2, 0) is 6.42 Å². The van der Waals surface area contributed by atoms with Gasteiger partial charge in [0.05, 0.1) is 6.33 Å². The van der Waals surface area contributed by atoms with E-state index in [9.17, 15) is 0 Å². The molecule has 0 atom stereocenters. The Morgan fingerprint density at radius 1 is 0.964 bits per heavy atom. The number of anilines is 1. The average Bonchev–Trinajstić information content (AvgIpc) is 3.14. The van der Waals surface area contributed by atoms with Gasteiger partial charge in [0.2, 0.25) is 0 Å². The Kier molecular flexibility index (Phi) is 5.06. The first-order valence-electron chi connectivity index (χ1n) is 9.71. The van der Waals surface area contributed by atoms with Crippen LogP contribution in [0.2, 0.25) is 0 Å². The van der Waals surface area contributed by atoms with E-state index in [1.165, 1.54) is 11.1 Å². The number of benzene rings is 2. The third kappa shape index (κ3) is 3.74. The molecule has 4 rings (SSSR count). The maximum absolute atomic E-state index is 4.81. The minimum absolute atomic E-state index is 0.281. The molecular weight excluding hydrogens is 346 g/mol. The third-order valence-corrected chi connectivity index (χ3v) is 4.84. The molecule has 2 heterocycles. The molecule has 0 amide bonds. The molecule has 0 saturated heterocycles. The molecule has 4 aromatic rings. The standard InChI is InChI=1S/C23H25N5/c1-16(2)28-15-25-20-22(24-14-13-18-11-9-17(3)10-12-18)26-21(27-23(20)28)19-7-5-4-6-8-19/h4-12,15-16H,13-14H2,1-3H3,(H,24,26,27). The number of fused-ring (bicyclic) bond motifs is 1. The van der Waals surface area contributed by atoms with E-state index in [0.29, 0.717) is 5.82 Å². The summed E-state index contributed by atoms with van der Waals surface area (Å²) < 4.78 is 2.09. The van der Waals surface area contributed by atoms with Crippen molar-refractivity contribution in [3.05, 3.63) is 72.1 Å². The zero-order valence-corrected chi connectivity index (χ0v) is 16.6. The predicted octanol–water partition coefficient (Wildman–Crippen LogP) is 5.04. The number of aromatic nitrogens is 4. The molecule has 1 N–H and O–H groups in total. The number of hydrogen-bond donors (Lipinski definition) is 1. The van der Waals surface area contributed by atoms with E-state index in [0.717, 1.165) is 35.5 Å². The summed E-state index contributed by atoms with van der Waals surface area (Å²) in [4.78, 5) is 14.2. The number of imidazole rings is 1. The first-order chi connectivity index (χ1) is 13.6. The van der Waals surface area contributed by atoms with Crippen molar-refractivity contribution in [2.24, 2.45) is 0 Å². The van der Waals surface area contributed by atoms with Gasteiger partial charge in [-0.25, -0.2) is 15.0 Å². The van der Waals surface area contributed by atoms with Crippen LogP contribution in [-0.4, -0.2) is 26.1 Å². The van der Waals surface area contributed by atoms with Crippen molar-refractivity contribution in [3.63, 3.8) is 0 Å². The van der Waals surface area contributed by atoms with Gasteiger partial charge in [-0.1, -0.05) is 60.2 Å².